The van der Waals surface area contributed by atoms with Gasteiger partial charge in [0, 0.05) is 16.8 Å². The van der Waals surface area contributed by atoms with Crippen molar-refractivity contribution in [1.29, 1.82) is 0 Å². The van der Waals surface area contributed by atoms with E-state index in [1.54, 1.807) is 0 Å². The molecule has 16 heavy (non-hydrogen) atoms. The molecule has 2 rings (SSSR count). The molecule has 1 aromatic rings. The fourth-order valence-electron chi connectivity index (χ4n) is 1.70. The number of β-amino-alcohol motifs (C(OH)–C–C–N with tert-alkyl or cyclic N) is 1. The Morgan fingerprint density at radius 1 is 1.56 bits per heavy atom. The summed E-state index contributed by atoms with van der Waals surface area (Å²) in [5.41, 5.74) is 1.03. The molecule has 2 unspecified atom stereocenters. The van der Waals surface area contributed by atoms with Crippen molar-refractivity contribution in [1.82, 2.24) is 0 Å². The number of aliphatic hydroxyl groups excluding tert-OH is 1. The van der Waals surface area contributed by atoms with E-state index in [1.165, 1.54) is 11.8 Å². The van der Waals surface area contributed by atoms with Crippen LogP contribution in [0.2, 0.25) is 0 Å². The summed E-state index contributed by atoms with van der Waals surface area (Å²) in [6.07, 6.45) is 0.459. The Morgan fingerprint density at radius 3 is 3.00 bits per heavy atom. The third-order valence-electron chi connectivity index (χ3n) is 2.43. The first-order chi connectivity index (χ1) is 7.76. The Hall–Kier alpha value is -0.520. The van der Waals surface area contributed by atoms with E-state index in [9.17, 15) is 9.90 Å². The van der Waals surface area contributed by atoms with Crippen LogP contribution in [0.25, 0.3) is 0 Å². The zero-order chi connectivity index (χ0) is 11.5. The third-order valence-corrected chi connectivity index (χ3v) is 4.39. The number of rotatable bonds is 4. The highest BCUT2D eigenvalue weighted by atomic mass is 79.9. The van der Waals surface area contributed by atoms with Crippen LogP contribution in [-0.4, -0.2) is 34.7 Å². The maximum atomic E-state index is 11.0. The van der Waals surface area contributed by atoms with E-state index < -0.39 is 6.10 Å². The smallest absolute Gasteiger partial charge is 0.153 e. The Balaban J connectivity index is 2.23. The number of alkyl halides is 1. The van der Waals surface area contributed by atoms with Gasteiger partial charge in [0.25, 0.3) is 0 Å². The first-order valence-electron chi connectivity index (χ1n) is 4.98. The molecule has 1 aliphatic heterocycles. The predicted octanol–water partition coefficient (Wildman–Crippen LogP) is 1.88. The van der Waals surface area contributed by atoms with Gasteiger partial charge in [-0.25, -0.2) is 0 Å². The van der Waals surface area contributed by atoms with Crippen LogP contribution < -0.4 is 4.90 Å². The van der Waals surface area contributed by atoms with Crippen molar-refractivity contribution in [3.63, 3.8) is 0 Å². The molecule has 0 aliphatic carbocycles. The number of aldehydes is 1. The van der Waals surface area contributed by atoms with Crippen LogP contribution in [-0.2, 0) is 4.79 Å². The fraction of sp³-hybridized carbons (Fsp3) is 0.364. The third kappa shape index (κ3) is 2.26. The minimum Gasteiger partial charge on any atom is -0.390 e. The first kappa shape index (κ1) is 12.0. The van der Waals surface area contributed by atoms with Gasteiger partial charge in [0.05, 0.1) is 11.8 Å². The number of anilines is 1. The standard InChI is InChI=1S/C11H12BrNO2S/c12-5-8(15)6-13-9-3-1-2-4-10(9)16-11(13)7-14/h1-4,7-8,11,15H,5-6H2. The summed E-state index contributed by atoms with van der Waals surface area (Å²) >= 11 is 4.76. The second-order valence-electron chi connectivity index (χ2n) is 3.57. The molecule has 0 radical (unpaired) electrons. The fourth-order valence-corrected chi connectivity index (χ4v) is 3.01. The summed E-state index contributed by atoms with van der Waals surface area (Å²) in [6.45, 7) is 0.471. The van der Waals surface area contributed by atoms with Crippen LogP contribution >= 0.6 is 27.7 Å². The normalized spacial score (nSPS) is 20.6. The summed E-state index contributed by atoms with van der Waals surface area (Å²) in [7, 11) is 0. The predicted molar refractivity (Wildman–Crippen MR) is 69.3 cm³/mol. The summed E-state index contributed by atoms with van der Waals surface area (Å²) in [6, 6.07) is 7.88. The van der Waals surface area contributed by atoms with E-state index in [-0.39, 0.29) is 5.37 Å². The van der Waals surface area contributed by atoms with Gasteiger partial charge in [-0.1, -0.05) is 39.8 Å². The van der Waals surface area contributed by atoms with Crippen molar-refractivity contribution in [2.45, 2.75) is 16.4 Å². The molecule has 0 spiro atoms. The maximum absolute atomic E-state index is 11.0. The van der Waals surface area contributed by atoms with E-state index >= 15 is 0 Å². The van der Waals surface area contributed by atoms with Gasteiger partial charge in [0.2, 0.25) is 0 Å². The van der Waals surface area contributed by atoms with Crippen LogP contribution in [0, 0.1) is 0 Å². The average molecular weight is 302 g/mol. The zero-order valence-electron chi connectivity index (χ0n) is 8.54. The van der Waals surface area contributed by atoms with Gasteiger partial charge in [-0.05, 0) is 12.1 Å². The zero-order valence-corrected chi connectivity index (χ0v) is 10.9. The van der Waals surface area contributed by atoms with Crippen molar-refractivity contribution in [2.24, 2.45) is 0 Å². The van der Waals surface area contributed by atoms with Crippen molar-refractivity contribution >= 4 is 39.7 Å². The van der Waals surface area contributed by atoms with Crippen LogP contribution in [0.4, 0.5) is 5.69 Å². The lowest BCUT2D eigenvalue weighted by atomic mass is 10.2. The molecular formula is C11H12BrNO2S. The SMILES string of the molecule is O=CC1Sc2ccccc2N1CC(O)CBr. The second-order valence-corrected chi connectivity index (χ2v) is 5.38. The minimum absolute atomic E-state index is 0.217. The molecule has 0 fully saturated rings. The average Bonchev–Trinajstić information content (AvgIpc) is 2.67. The number of aliphatic hydroxyl groups is 1. The lowest BCUT2D eigenvalue weighted by Crippen LogP contribution is -2.37. The number of carbonyl (C=O) groups is 1. The highest BCUT2D eigenvalue weighted by molar-refractivity contribution is 9.09. The number of nitrogens with zero attached hydrogens (tertiary/aromatic N) is 1. The van der Waals surface area contributed by atoms with Gasteiger partial charge in [0.15, 0.2) is 6.29 Å². The van der Waals surface area contributed by atoms with Crippen LogP contribution in [0.3, 0.4) is 0 Å². The van der Waals surface area contributed by atoms with Crippen molar-refractivity contribution in [3.8, 4) is 0 Å². The van der Waals surface area contributed by atoms with E-state index in [1.807, 2.05) is 29.2 Å². The number of benzene rings is 1. The summed E-state index contributed by atoms with van der Waals surface area (Å²) in [5.74, 6) is 0. The number of carbonyl (C=O) groups excluding carboxylic acids is 1. The molecule has 1 aliphatic rings. The lowest BCUT2D eigenvalue weighted by molar-refractivity contribution is -0.107. The van der Waals surface area contributed by atoms with Crippen molar-refractivity contribution in [3.05, 3.63) is 24.3 Å². The van der Waals surface area contributed by atoms with E-state index in [4.69, 9.17) is 0 Å². The number of thioether (sulfide) groups is 1. The lowest BCUT2D eigenvalue weighted by Gasteiger charge is -2.24. The first-order valence-corrected chi connectivity index (χ1v) is 6.98. The number of para-hydroxylation sites is 1. The molecular weight excluding hydrogens is 290 g/mol. The van der Waals surface area contributed by atoms with Crippen molar-refractivity contribution in [2.75, 3.05) is 16.8 Å². The number of fused-ring (bicyclic) bond motifs is 1. The van der Waals surface area contributed by atoms with Crippen LogP contribution in [0.15, 0.2) is 29.2 Å². The van der Waals surface area contributed by atoms with Gasteiger partial charge in [-0.15, -0.1) is 0 Å². The highest BCUT2D eigenvalue weighted by Crippen LogP contribution is 2.42. The van der Waals surface area contributed by atoms with Gasteiger partial charge in [0.1, 0.15) is 5.37 Å². The number of halogens is 1. The molecule has 0 bridgehead atoms. The van der Waals surface area contributed by atoms with Crippen LogP contribution in [0.5, 0.6) is 0 Å². The molecule has 0 saturated heterocycles. The Bertz CT molecular complexity index is 388. The molecule has 0 amide bonds. The monoisotopic (exact) mass is 301 g/mol. The quantitative estimate of drug-likeness (QED) is 0.681. The molecule has 1 N–H and O–H groups in total. The minimum atomic E-state index is -0.464. The molecule has 3 nitrogen and oxygen atoms in total. The highest BCUT2D eigenvalue weighted by Gasteiger charge is 2.30. The van der Waals surface area contributed by atoms with Gasteiger partial charge >= 0.3 is 0 Å². The topological polar surface area (TPSA) is 40.5 Å². The van der Waals surface area contributed by atoms with E-state index in [2.05, 4.69) is 15.9 Å². The van der Waals surface area contributed by atoms with Gasteiger partial charge < -0.3 is 14.8 Å². The largest absolute Gasteiger partial charge is 0.390 e. The molecule has 0 saturated carbocycles. The Kier molecular flexibility index (Phi) is 3.89. The van der Waals surface area contributed by atoms with E-state index in [0.29, 0.717) is 11.9 Å². The number of hydrogen-bond acceptors (Lipinski definition) is 4. The summed E-state index contributed by atoms with van der Waals surface area (Å²) in [4.78, 5) is 14.0. The molecule has 0 aromatic heterocycles. The van der Waals surface area contributed by atoms with E-state index in [0.717, 1.165) is 16.9 Å². The molecule has 1 heterocycles. The summed E-state index contributed by atoms with van der Waals surface area (Å²) in [5, 5.41) is 9.94. The molecule has 2 atom stereocenters. The van der Waals surface area contributed by atoms with Gasteiger partial charge in [-0.2, -0.15) is 0 Å². The van der Waals surface area contributed by atoms with Crippen LogP contribution in [0.1, 0.15) is 0 Å². The second kappa shape index (κ2) is 5.21. The van der Waals surface area contributed by atoms with Crippen molar-refractivity contribution < 1.29 is 9.90 Å². The number of hydrogen-bond donors (Lipinski definition) is 1. The van der Waals surface area contributed by atoms with Gasteiger partial charge in [-0.3, -0.25) is 0 Å². The molecule has 1 aromatic carbocycles. The summed E-state index contributed by atoms with van der Waals surface area (Å²) < 4.78 is 0. The molecule has 5 heteroatoms. The Morgan fingerprint density at radius 2 is 2.31 bits per heavy atom. The maximum Gasteiger partial charge on any atom is 0.153 e. The molecule has 86 valence electrons. The Labute approximate surface area is 107 Å².